The van der Waals surface area contributed by atoms with Gasteiger partial charge in [-0.05, 0) is 18.6 Å². The van der Waals surface area contributed by atoms with Crippen molar-refractivity contribution in [2.24, 2.45) is 0 Å². The van der Waals surface area contributed by atoms with Crippen LogP contribution in [0.5, 0.6) is 0 Å². The van der Waals surface area contributed by atoms with Crippen LogP contribution in [0, 0.1) is 0 Å². The van der Waals surface area contributed by atoms with E-state index in [0.717, 1.165) is 13.0 Å². The van der Waals surface area contributed by atoms with Crippen molar-refractivity contribution in [3.63, 3.8) is 0 Å². The monoisotopic (exact) mass is 297 g/mol. The zero-order valence-corrected chi connectivity index (χ0v) is 11.9. The molecule has 2 rings (SSSR count). The summed E-state index contributed by atoms with van der Waals surface area (Å²) in [6.45, 7) is 2.77. The molecule has 1 aromatic carbocycles. The fraction of sp³-hybridized carbons (Fsp3) is 0.231. The number of aromatic nitrogens is 2. The van der Waals surface area contributed by atoms with E-state index < -0.39 is 0 Å². The Kier molecular flexibility index (Phi) is 4.12. The van der Waals surface area contributed by atoms with E-state index >= 15 is 0 Å². The number of nitrogens with two attached hydrogens (primary N) is 1. The Morgan fingerprint density at radius 2 is 2.16 bits per heavy atom. The molecule has 0 amide bonds. The van der Waals surface area contributed by atoms with Crippen LogP contribution < -0.4 is 5.73 Å². The third-order valence-corrected chi connectivity index (χ3v) is 3.52. The molecule has 0 aliphatic rings. The van der Waals surface area contributed by atoms with Crippen molar-refractivity contribution in [2.45, 2.75) is 19.9 Å². The van der Waals surface area contributed by atoms with Crippen LogP contribution in [0.2, 0.25) is 10.0 Å². The van der Waals surface area contributed by atoms with E-state index in [9.17, 15) is 4.79 Å². The van der Waals surface area contributed by atoms with E-state index in [-0.39, 0.29) is 21.5 Å². The van der Waals surface area contributed by atoms with E-state index in [1.165, 1.54) is 12.1 Å². The number of carbonyl (C=O) groups excluding carboxylic acids is 1. The molecular formula is C13H13Cl2N3O. The molecular weight excluding hydrogens is 285 g/mol. The van der Waals surface area contributed by atoms with Crippen molar-refractivity contribution < 1.29 is 4.79 Å². The molecule has 0 saturated heterocycles. The Balaban J connectivity index is 2.41. The average Bonchev–Trinajstić information content (AvgIpc) is 2.83. The van der Waals surface area contributed by atoms with Gasteiger partial charge in [0.15, 0.2) is 5.82 Å². The van der Waals surface area contributed by atoms with Gasteiger partial charge in [0.05, 0.1) is 15.7 Å². The quantitative estimate of drug-likeness (QED) is 0.695. The Labute approximate surface area is 121 Å². The number of aryl methyl sites for hydroxylation is 1. The van der Waals surface area contributed by atoms with Crippen molar-refractivity contribution >= 4 is 34.7 Å². The van der Waals surface area contributed by atoms with Crippen LogP contribution in [0.25, 0.3) is 0 Å². The summed E-state index contributed by atoms with van der Waals surface area (Å²) >= 11 is 11.8. The molecule has 0 saturated carbocycles. The molecule has 0 radical (unpaired) electrons. The van der Waals surface area contributed by atoms with Gasteiger partial charge < -0.3 is 10.3 Å². The molecule has 0 unspecified atom stereocenters. The SMILES string of the molecule is CCCn1ccnc1C(=O)c1cc(N)c(Cl)c(Cl)c1. The molecule has 1 heterocycles. The standard InChI is InChI=1S/C13H13Cl2N3O/c1-2-4-18-5-3-17-13(18)12(19)8-6-9(14)11(15)10(16)7-8/h3,5-7H,2,4,16H2,1H3. The van der Waals surface area contributed by atoms with E-state index in [1.54, 1.807) is 17.0 Å². The molecule has 0 aliphatic carbocycles. The summed E-state index contributed by atoms with van der Waals surface area (Å²) in [5.41, 5.74) is 6.38. The number of imidazole rings is 1. The number of nitrogens with zero attached hydrogens (tertiary/aromatic N) is 2. The van der Waals surface area contributed by atoms with E-state index in [1.807, 2.05) is 6.92 Å². The van der Waals surface area contributed by atoms with Crippen molar-refractivity contribution in [1.82, 2.24) is 9.55 Å². The summed E-state index contributed by atoms with van der Waals surface area (Å²) in [6.07, 6.45) is 4.29. The zero-order chi connectivity index (χ0) is 14.0. The number of halogens is 2. The van der Waals surface area contributed by atoms with Gasteiger partial charge in [-0.1, -0.05) is 30.1 Å². The maximum absolute atomic E-state index is 12.4. The molecule has 0 fully saturated rings. The number of benzene rings is 1. The molecule has 6 heteroatoms. The summed E-state index contributed by atoms with van der Waals surface area (Å²) in [5.74, 6) is 0.156. The lowest BCUT2D eigenvalue weighted by atomic mass is 10.1. The third kappa shape index (κ3) is 2.74. The largest absolute Gasteiger partial charge is 0.397 e. The van der Waals surface area contributed by atoms with Crippen LogP contribution in [0.3, 0.4) is 0 Å². The molecule has 0 aliphatic heterocycles. The normalized spacial score (nSPS) is 10.7. The number of anilines is 1. The number of hydrogen-bond acceptors (Lipinski definition) is 3. The van der Waals surface area contributed by atoms with Crippen LogP contribution in [-0.4, -0.2) is 15.3 Å². The molecule has 0 bridgehead atoms. The highest BCUT2D eigenvalue weighted by Crippen LogP contribution is 2.30. The Bertz CT molecular complexity index is 599. The lowest BCUT2D eigenvalue weighted by molar-refractivity contribution is 0.102. The number of nitrogen functional groups attached to an aromatic ring is 1. The van der Waals surface area contributed by atoms with Crippen LogP contribution in [0.4, 0.5) is 5.69 Å². The zero-order valence-electron chi connectivity index (χ0n) is 10.4. The lowest BCUT2D eigenvalue weighted by Gasteiger charge is -2.07. The van der Waals surface area contributed by atoms with Crippen molar-refractivity contribution in [2.75, 3.05) is 5.73 Å². The first-order valence-corrected chi connectivity index (χ1v) is 6.60. The number of hydrogen-bond donors (Lipinski definition) is 1. The minimum Gasteiger partial charge on any atom is -0.397 e. The molecule has 1 aromatic heterocycles. The van der Waals surface area contributed by atoms with Crippen LogP contribution >= 0.6 is 23.2 Å². The van der Waals surface area contributed by atoms with Gasteiger partial charge in [0.2, 0.25) is 5.78 Å². The van der Waals surface area contributed by atoms with Gasteiger partial charge in [-0.15, -0.1) is 0 Å². The minimum atomic E-state index is -0.219. The van der Waals surface area contributed by atoms with Gasteiger partial charge in [0.25, 0.3) is 0 Å². The molecule has 2 aromatic rings. The predicted molar refractivity (Wildman–Crippen MR) is 76.8 cm³/mol. The van der Waals surface area contributed by atoms with E-state index in [2.05, 4.69) is 4.98 Å². The molecule has 0 atom stereocenters. The predicted octanol–water partition coefficient (Wildman–Crippen LogP) is 3.41. The fourth-order valence-corrected chi connectivity index (χ4v) is 2.15. The fourth-order valence-electron chi connectivity index (χ4n) is 1.81. The highest BCUT2D eigenvalue weighted by molar-refractivity contribution is 6.44. The first-order valence-electron chi connectivity index (χ1n) is 5.85. The molecule has 100 valence electrons. The topological polar surface area (TPSA) is 60.9 Å². The van der Waals surface area contributed by atoms with Gasteiger partial charge in [0, 0.05) is 24.5 Å². The first kappa shape index (κ1) is 13.9. The lowest BCUT2D eigenvalue weighted by Crippen LogP contribution is -2.11. The Morgan fingerprint density at radius 3 is 2.79 bits per heavy atom. The Morgan fingerprint density at radius 1 is 1.42 bits per heavy atom. The number of ketones is 1. The minimum absolute atomic E-state index is 0.219. The number of rotatable bonds is 4. The van der Waals surface area contributed by atoms with Crippen molar-refractivity contribution in [3.05, 3.63) is 46.0 Å². The molecule has 4 nitrogen and oxygen atoms in total. The summed E-state index contributed by atoms with van der Waals surface area (Å²) in [6, 6.07) is 3.02. The first-order chi connectivity index (χ1) is 9.04. The summed E-state index contributed by atoms with van der Waals surface area (Å²) < 4.78 is 1.81. The van der Waals surface area contributed by atoms with Gasteiger partial charge >= 0.3 is 0 Å². The maximum Gasteiger partial charge on any atom is 0.228 e. The van der Waals surface area contributed by atoms with Gasteiger partial charge in [-0.3, -0.25) is 4.79 Å². The second-order valence-electron chi connectivity index (χ2n) is 4.13. The second-order valence-corrected chi connectivity index (χ2v) is 4.92. The van der Waals surface area contributed by atoms with Crippen LogP contribution in [0.1, 0.15) is 29.5 Å². The van der Waals surface area contributed by atoms with Crippen molar-refractivity contribution in [1.29, 1.82) is 0 Å². The smallest absolute Gasteiger partial charge is 0.228 e. The highest BCUT2D eigenvalue weighted by atomic mass is 35.5. The molecule has 2 N–H and O–H groups in total. The maximum atomic E-state index is 12.4. The Hall–Kier alpha value is -1.52. The van der Waals surface area contributed by atoms with Gasteiger partial charge in [0.1, 0.15) is 0 Å². The van der Waals surface area contributed by atoms with Crippen LogP contribution in [-0.2, 0) is 6.54 Å². The van der Waals surface area contributed by atoms with Gasteiger partial charge in [-0.25, -0.2) is 4.98 Å². The van der Waals surface area contributed by atoms with E-state index in [4.69, 9.17) is 28.9 Å². The summed E-state index contributed by atoms with van der Waals surface area (Å²) in [5, 5.41) is 0.522. The third-order valence-electron chi connectivity index (χ3n) is 2.70. The second kappa shape index (κ2) is 5.63. The van der Waals surface area contributed by atoms with Gasteiger partial charge in [-0.2, -0.15) is 0 Å². The molecule has 19 heavy (non-hydrogen) atoms. The average molecular weight is 298 g/mol. The van der Waals surface area contributed by atoms with Crippen molar-refractivity contribution in [3.8, 4) is 0 Å². The molecule has 0 spiro atoms. The number of carbonyl (C=O) groups is 1. The van der Waals surface area contributed by atoms with Crippen LogP contribution in [0.15, 0.2) is 24.5 Å². The highest BCUT2D eigenvalue weighted by Gasteiger charge is 2.17. The summed E-state index contributed by atoms with van der Waals surface area (Å²) in [4.78, 5) is 16.5. The van der Waals surface area contributed by atoms with E-state index in [0.29, 0.717) is 11.4 Å². The summed E-state index contributed by atoms with van der Waals surface area (Å²) in [7, 11) is 0.